The largest absolute Gasteiger partial charge is 0.508 e. The van der Waals surface area contributed by atoms with Gasteiger partial charge in [-0.15, -0.1) is 11.8 Å². The molecular weight excluding hydrogens is 316 g/mol. The second-order valence-corrected chi connectivity index (χ2v) is 10.6. The summed E-state index contributed by atoms with van der Waals surface area (Å²) < 4.78 is 0. The summed E-state index contributed by atoms with van der Waals surface area (Å²) in [6.45, 7) is 9.84. The van der Waals surface area contributed by atoms with Crippen molar-refractivity contribution in [1.82, 2.24) is 0 Å². The van der Waals surface area contributed by atoms with E-state index >= 15 is 0 Å². The highest BCUT2D eigenvalue weighted by atomic mass is 32.2. The Bertz CT molecular complexity index is 683. The van der Waals surface area contributed by atoms with E-state index in [1.165, 1.54) is 31.7 Å². The Morgan fingerprint density at radius 1 is 1.00 bits per heavy atom. The first-order valence-corrected chi connectivity index (χ1v) is 10.4. The molecule has 0 amide bonds. The molecule has 2 N–H and O–H groups in total. The van der Waals surface area contributed by atoms with Gasteiger partial charge in [0.2, 0.25) is 0 Å². The molecule has 3 aliphatic rings. The normalized spacial score (nSPS) is 40.3. The maximum absolute atomic E-state index is 10.7. The van der Waals surface area contributed by atoms with Crippen molar-refractivity contribution in [2.75, 3.05) is 5.75 Å². The fourth-order valence-corrected chi connectivity index (χ4v) is 8.55. The quantitative estimate of drug-likeness (QED) is 0.632. The molecule has 2 aliphatic carbocycles. The second kappa shape index (κ2) is 5.09. The number of thioether (sulfide) groups is 1. The standard InChI is InChI=1S/C21H30O2S/c1-19(2)7-5-8-20(3)16(19)6-9-21(4)17(20)12-24-15-11-13(22)10-14(23)18(15)21/h10-11,16-17,22-23H,5-9,12H2,1-4H3. The third-order valence-corrected chi connectivity index (χ3v) is 8.97. The molecule has 4 atom stereocenters. The van der Waals surface area contributed by atoms with Crippen molar-refractivity contribution in [2.45, 2.75) is 70.1 Å². The predicted octanol–water partition coefficient (Wildman–Crippen LogP) is 5.70. The van der Waals surface area contributed by atoms with Crippen molar-refractivity contribution in [2.24, 2.45) is 22.7 Å². The molecule has 4 unspecified atom stereocenters. The molecule has 0 radical (unpaired) electrons. The Morgan fingerprint density at radius 3 is 2.50 bits per heavy atom. The number of fused-ring (bicyclic) bond motifs is 5. The van der Waals surface area contributed by atoms with E-state index in [2.05, 4.69) is 27.7 Å². The minimum Gasteiger partial charge on any atom is -0.508 e. The molecule has 4 rings (SSSR count). The average molecular weight is 347 g/mol. The fraction of sp³-hybridized carbons (Fsp3) is 0.714. The van der Waals surface area contributed by atoms with E-state index in [4.69, 9.17) is 0 Å². The van der Waals surface area contributed by atoms with E-state index in [1.54, 1.807) is 0 Å². The highest BCUT2D eigenvalue weighted by Crippen LogP contribution is 2.68. The van der Waals surface area contributed by atoms with Gasteiger partial charge < -0.3 is 10.2 Å². The summed E-state index contributed by atoms with van der Waals surface area (Å²) in [5, 5.41) is 20.5. The molecule has 0 saturated heterocycles. The van der Waals surface area contributed by atoms with Gasteiger partial charge in [0.05, 0.1) is 0 Å². The van der Waals surface area contributed by atoms with Gasteiger partial charge in [-0.25, -0.2) is 0 Å². The summed E-state index contributed by atoms with van der Waals surface area (Å²) in [6, 6.07) is 3.38. The first-order chi connectivity index (χ1) is 11.2. The monoisotopic (exact) mass is 346 g/mol. The van der Waals surface area contributed by atoms with Gasteiger partial charge in [-0.2, -0.15) is 0 Å². The van der Waals surface area contributed by atoms with E-state index in [-0.39, 0.29) is 11.2 Å². The topological polar surface area (TPSA) is 40.5 Å². The molecule has 1 heterocycles. The van der Waals surface area contributed by atoms with Gasteiger partial charge in [0.15, 0.2) is 0 Å². The molecular formula is C21H30O2S. The number of benzene rings is 1. The first-order valence-electron chi connectivity index (χ1n) is 9.38. The van der Waals surface area contributed by atoms with E-state index in [0.29, 0.717) is 22.5 Å². The Balaban J connectivity index is 1.84. The zero-order valence-corrected chi connectivity index (χ0v) is 16.2. The smallest absolute Gasteiger partial charge is 0.124 e. The molecule has 0 spiro atoms. The van der Waals surface area contributed by atoms with Crippen molar-refractivity contribution in [1.29, 1.82) is 0 Å². The molecule has 1 aromatic carbocycles. The van der Waals surface area contributed by atoms with Crippen LogP contribution in [0.2, 0.25) is 0 Å². The molecule has 1 aromatic rings. The van der Waals surface area contributed by atoms with Gasteiger partial charge in [-0.05, 0) is 54.4 Å². The molecule has 24 heavy (non-hydrogen) atoms. The molecule has 1 aliphatic heterocycles. The molecule has 132 valence electrons. The Labute approximate surface area is 150 Å². The van der Waals surface area contributed by atoms with Crippen LogP contribution < -0.4 is 0 Å². The van der Waals surface area contributed by atoms with Gasteiger partial charge in [0, 0.05) is 27.7 Å². The third-order valence-electron chi connectivity index (χ3n) is 7.84. The third kappa shape index (κ3) is 2.09. The zero-order valence-electron chi connectivity index (χ0n) is 15.4. The number of phenolic OH excluding ortho intramolecular Hbond substituents is 2. The molecule has 3 heteroatoms. The lowest BCUT2D eigenvalue weighted by Crippen LogP contribution is -2.58. The first kappa shape index (κ1) is 16.6. The van der Waals surface area contributed by atoms with Crippen LogP contribution in [0, 0.1) is 22.7 Å². The highest BCUT2D eigenvalue weighted by molar-refractivity contribution is 7.99. The fourth-order valence-electron chi connectivity index (χ4n) is 6.77. The van der Waals surface area contributed by atoms with E-state index in [1.807, 2.05) is 17.8 Å². The Morgan fingerprint density at radius 2 is 1.75 bits per heavy atom. The van der Waals surface area contributed by atoms with Crippen molar-refractivity contribution in [3.8, 4) is 11.5 Å². The lowest BCUT2D eigenvalue weighted by atomic mass is 9.43. The van der Waals surface area contributed by atoms with Crippen LogP contribution in [-0.4, -0.2) is 16.0 Å². The summed E-state index contributed by atoms with van der Waals surface area (Å²) in [5.74, 6) is 2.95. The predicted molar refractivity (Wildman–Crippen MR) is 99.8 cm³/mol. The number of hydrogen-bond donors (Lipinski definition) is 2. The van der Waals surface area contributed by atoms with Gasteiger partial charge in [0.1, 0.15) is 11.5 Å². The SMILES string of the molecule is CC1(C)CCCC2(C)C1CCC1(C)c3c(O)cc(O)cc3SCC12. The van der Waals surface area contributed by atoms with Crippen molar-refractivity contribution >= 4 is 11.8 Å². The maximum atomic E-state index is 10.7. The molecule has 2 nitrogen and oxygen atoms in total. The van der Waals surface area contributed by atoms with Crippen LogP contribution in [-0.2, 0) is 5.41 Å². The number of hydrogen-bond acceptors (Lipinski definition) is 3. The molecule has 0 bridgehead atoms. The summed E-state index contributed by atoms with van der Waals surface area (Å²) in [7, 11) is 0. The molecule has 2 fully saturated rings. The number of rotatable bonds is 0. The van der Waals surface area contributed by atoms with E-state index < -0.39 is 0 Å². The van der Waals surface area contributed by atoms with Gasteiger partial charge in [-0.3, -0.25) is 0 Å². The van der Waals surface area contributed by atoms with Crippen LogP contribution >= 0.6 is 11.8 Å². The number of phenols is 2. The second-order valence-electron chi connectivity index (χ2n) is 9.56. The minimum absolute atomic E-state index is 0.0248. The lowest BCUT2D eigenvalue weighted by molar-refractivity contribution is -0.0976. The van der Waals surface area contributed by atoms with Crippen LogP contribution in [0.15, 0.2) is 17.0 Å². The molecule has 2 saturated carbocycles. The highest BCUT2D eigenvalue weighted by Gasteiger charge is 2.60. The van der Waals surface area contributed by atoms with Gasteiger partial charge >= 0.3 is 0 Å². The van der Waals surface area contributed by atoms with Crippen LogP contribution in [0.25, 0.3) is 0 Å². The van der Waals surface area contributed by atoms with Gasteiger partial charge in [-0.1, -0.05) is 34.1 Å². The summed E-state index contributed by atoms with van der Waals surface area (Å²) >= 11 is 1.84. The average Bonchev–Trinajstić information content (AvgIpc) is 2.44. The van der Waals surface area contributed by atoms with E-state index in [0.717, 1.165) is 28.6 Å². The lowest BCUT2D eigenvalue weighted by Gasteiger charge is -2.64. The van der Waals surface area contributed by atoms with Crippen molar-refractivity contribution in [3.63, 3.8) is 0 Å². The molecule has 0 aromatic heterocycles. The Kier molecular flexibility index (Phi) is 3.53. The van der Waals surface area contributed by atoms with Crippen molar-refractivity contribution < 1.29 is 10.2 Å². The van der Waals surface area contributed by atoms with Crippen LogP contribution in [0.4, 0.5) is 0 Å². The van der Waals surface area contributed by atoms with Crippen LogP contribution in [0.5, 0.6) is 11.5 Å². The summed E-state index contributed by atoms with van der Waals surface area (Å²) in [4.78, 5) is 1.09. The zero-order chi connectivity index (χ0) is 17.3. The minimum atomic E-state index is 0.0248. The number of aromatic hydroxyl groups is 2. The van der Waals surface area contributed by atoms with Gasteiger partial charge in [0.25, 0.3) is 0 Å². The maximum Gasteiger partial charge on any atom is 0.124 e. The van der Waals surface area contributed by atoms with Crippen LogP contribution in [0.1, 0.15) is 65.4 Å². The summed E-state index contributed by atoms with van der Waals surface area (Å²) in [6.07, 6.45) is 6.38. The summed E-state index contributed by atoms with van der Waals surface area (Å²) in [5.41, 5.74) is 1.90. The van der Waals surface area contributed by atoms with Crippen LogP contribution in [0.3, 0.4) is 0 Å². The van der Waals surface area contributed by atoms with E-state index in [9.17, 15) is 10.2 Å². The Hall–Kier alpha value is -0.830. The van der Waals surface area contributed by atoms with Crippen molar-refractivity contribution in [3.05, 3.63) is 17.7 Å².